The van der Waals surface area contributed by atoms with Gasteiger partial charge in [-0.3, -0.25) is 9.59 Å². The highest BCUT2D eigenvalue weighted by molar-refractivity contribution is 6.08. The summed E-state index contributed by atoms with van der Waals surface area (Å²) >= 11 is 0. The molecule has 0 saturated carbocycles. The summed E-state index contributed by atoms with van der Waals surface area (Å²) in [5.74, 6) is -1.05. The molecule has 2 aromatic carbocycles. The molecule has 9 nitrogen and oxygen atoms in total. The van der Waals surface area contributed by atoms with E-state index in [4.69, 9.17) is 19.9 Å². The van der Waals surface area contributed by atoms with Crippen LogP contribution >= 0.6 is 0 Å². The number of anilines is 2. The summed E-state index contributed by atoms with van der Waals surface area (Å²) in [6.07, 6.45) is 0.529. The van der Waals surface area contributed by atoms with Crippen LogP contribution in [0.25, 0.3) is 0 Å². The van der Waals surface area contributed by atoms with Gasteiger partial charge in [0.25, 0.3) is 0 Å². The fourth-order valence-corrected chi connectivity index (χ4v) is 3.77. The molecule has 1 fully saturated rings. The van der Waals surface area contributed by atoms with Crippen molar-refractivity contribution in [3.8, 4) is 0 Å². The van der Waals surface area contributed by atoms with Gasteiger partial charge in [-0.05, 0) is 42.2 Å². The number of benzene rings is 2. The Balaban J connectivity index is 0.000000445. The average Bonchev–Trinajstić information content (AvgIpc) is 3.10. The minimum absolute atomic E-state index is 0.266. The third-order valence-corrected chi connectivity index (χ3v) is 5.78. The number of nitrogens with one attached hydrogen (secondary N) is 2. The van der Waals surface area contributed by atoms with Crippen molar-refractivity contribution in [2.45, 2.75) is 59.8 Å². The molecule has 10 heteroatoms. The predicted octanol–water partition coefficient (Wildman–Crippen LogP) is 5.99. The minimum atomic E-state index is -1.08. The SMILES string of the molecule is CC.CC(C)c1ccc2c(c1)C(N1CCNCC1)=Nc1cc(F)ccc1N2.CCCOC.O=C(O)CCC(=O)O. The summed E-state index contributed by atoms with van der Waals surface area (Å²) in [5, 5.41) is 22.6. The van der Waals surface area contributed by atoms with E-state index in [9.17, 15) is 14.0 Å². The monoisotopic (exact) mass is 560 g/mol. The number of carboxylic acids is 2. The zero-order chi connectivity index (χ0) is 30.1. The van der Waals surface area contributed by atoms with Crippen LogP contribution in [0.4, 0.5) is 21.5 Å². The summed E-state index contributed by atoms with van der Waals surface area (Å²) in [6.45, 7) is 15.0. The highest BCUT2D eigenvalue weighted by Crippen LogP contribution is 2.36. The van der Waals surface area contributed by atoms with Gasteiger partial charge in [0.05, 0.1) is 24.2 Å². The number of hydrogen-bond donors (Lipinski definition) is 4. The van der Waals surface area contributed by atoms with Gasteiger partial charge in [0.2, 0.25) is 0 Å². The lowest BCUT2D eigenvalue weighted by atomic mass is 9.98. The molecule has 0 unspecified atom stereocenters. The number of hydrogen-bond acceptors (Lipinski definition) is 7. The van der Waals surface area contributed by atoms with E-state index < -0.39 is 11.9 Å². The van der Waals surface area contributed by atoms with Crippen molar-refractivity contribution in [1.82, 2.24) is 10.2 Å². The molecule has 40 heavy (non-hydrogen) atoms. The van der Waals surface area contributed by atoms with Crippen molar-refractivity contribution in [1.29, 1.82) is 0 Å². The van der Waals surface area contributed by atoms with Crippen LogP contribution < -0.4 is 10.6 Å². The second kappa shape index (κ2) is 18.7. The Labute approximate surface area is 237 Å². The molecule has 0 bridgehead atoms. The molecule has 1 saturated heterocycles. The van der Waals surface area contributed by atoms with Crippen LogP contribution in [0.2, 0.25) is 0 Å². The van der Waals surface area contributed by atoms with E-state index in [2.05, 4.69) is 54.5 Å². The van der Waals surface area contributed by atoms with Gasteiger partial charge in [-0.25, -0.2) is 9.38 Å². The third kappa shape index (κ3) is 11.7. The van der Waals surface area contributed by atoms with Gasteiger partial charge in [-0.1, -0.05) is 40.7 Å². The van der Waals surface area contributed by atoms with E-state index >= 15 is 0 Å². The normalized spacial score (nSPS) is 13.3. The maximum absolute atomic E-state index is 13.8. The van der Waals surface area contributed by atoms with E-state index in [1.54, 1.807) is 13.2 Å². The van der Waals surface area contributed by atoms with Crippen LogP contribution in [-0.2, 0) is 14.3 Å². The molecule has 0 aliphatic carbocycles. The summed E-state index contributed by atoms with van der Waals surface area (Å²) in [5.41, 5.74) is 4.87. The van der Waals surface area contributed by atoms with Crippen LogP contribution in [0.1, 0.15) is 70.9 Å². The van der Waals surface area contributed by atoms with Crippen molar-refractivity contribution in [2.24, 2.45) is 4.99 Å². The lowest BCUT2D eigenvalue weighted by Crippen LogP contribution is -2.46. The second-order valence-corrected chi connectivity index (χ2v) is 9.20. The maximum Gasteiger partial charge on any atom is 0.303 e. The fraction of sp³-hybridized carbons (Fsp3) is 0.500. The van der Waals surface area contributed by atoms with Crippen LogP contribution in [0.3, 0.4) is 0 Å². The Morgan fingerprint density at radius 1 is 1.02 bits per heavy atom. The van der Waals surface area contributed by atoms with Gasteiger partial charge in [-0.2, -0.15) is 0 Å². The van der Waals surface area contributed by atoms with Gasteiger partial charge < -0.3 is 30.5 Å². The van der Waals surface area contributed by atoms with Crippen LogP contribution in [0, 0.1) is 5.82 Å². The number of fused-ring (bicyclic) bond motifs is 2. The Kier molecular flexibility index (Phi) is 16.2. The number of halogens is 1. The number of methoxy groups -OCH3 is 1. The first-order valence-corrected chi connectivity index (χ1v) is 13.8. The number of carboxylic acid groups (broad SMARTS) is 2. The second-order valence-electron chi connectivity index (χ2n) is 9.20. The molecule has 2 aliphatic rings. The van der Waals surface area contributed by atoms with Crippen molar-refractivity contribution in [2.75, 3.05) is 45.2 Å². The molecule has 0 atom stereocenters. The zero-order valence-electron chi connectivity index (χ0n) is 24.6. The molecule has 4 N–H and O–H groups in total. The number of nitrogens with zero attached hydrogens (tertiary/aromatic N) is 2. The number of carbonyl (C=O) groups is 2. The largest absolute Gasteiger partial charge is 0.481 e. The minimum Gasteiger partial charge on any atom is -0.481 e. The highest BCUT2D eigenvalue weighted by Gasteiger charge is 2.23. The molecule has 0 radical (unpaired) electrons. The number of piperazine rings is 1. The first-order valence-electron chi connectivity index (χ1n) is 13.8. The first-order chi connectivity index (χ1) is 19.2. The van der Waals surface area contributed by atoms with E-state index in [1.165, 1.54) is 17.7 Å². The average molecular weight is 561 g/mol. The molecule has 0 amide bonds. The molecule has 2 aliphatic heterocycles. The molecule has 222 valence electrons. The van der Waals surface area contributed by atoms with E-state index in [1.807, 2.05) is 13.8 Å². The molecule has 2 aromatic rings. The third-order valence-electron chi connectivity index (χ3n) is 5.78. The van der Waals surface area contributed by atoms with Crippen LogP contribution in [0.15, 0.2) is 41.4 Å². The maximum atomic E-state index is 13.8. The molecular weight excluding hydrogens is 515 g/mol. The Hall–Kier alpha value is -3.50. The van der Waals surface area contributed by atoms with Gasteiger partial charge in [0.15, 0.2) is 0 Å². The predicted molar refractivity (Wildman–Crippen MR) is 159 cm³/mol. The molecule has 2 heterocycles. The standard InChI is InChI=1S/C20H23FN4.C4H6O4.C4H10O.C2H6/c1-13(2)14-3-5-17-16(11-14)20(25-9-7-22-8-10-25)24-19-12-15(21)4-6-18(19)23-17;5-3(6)1-2-4(7)8;1-3-4-5-2;1-2/h3-6,11-13,22-23H,7-10H2,1-2H3;1-2H2,(H,5,6)(H,7,8);3-4H2,1-2H3;1-2H3. The molecule has 4 rings (SSSR count). The number of rotatable bonds is 6. The van der Waals surface area contributed by atoms with Gasteiger partial charge in [0, 0.05) is 57.2 Å². The number of aliphatic imine (C=N–C) groups is 1. The van der Waals surface area contributed by atoms with E-state index in [0.717, 1.165) is 62.0 Å². The van der Waals surface area contributed by atoms with Crippen LogP contribution in [-0.4, -0.2) is 72.8 Å². The number of ether oxygens (including phenoxy) is 1. The summed E-state index contributed by atoms with van der Waals surface area (Å²) in [6, 6.07) is 11.2. The fourth-order valence-electron chi connectivity index (χ4n) is 3.77. The van der Waals surface area contributed by atoms with Gasteiger partial charge in [0.1, 0.15) is 11.7 Å². The first kappa shape index (κ1) is 34.5. The zero-order valence-corrected chi connectivity index (χ0v) is 24.6. The molecular formula is C30H45FN4O5. The Bertz CT molecular complexity index is 1090. The number of aliphatic carboxylic acids is 2. The summed E-state index contributed by atoms with van der Waals surface area (Å²) in [4.78, 5) is 26.5. The summed E-state index contributed by atoms with van der Waals surface area (Å²) in [7, 11) is 1.71. The summed E-state index contributed by atoms with van der Waals surface area (Å²) < 4.78 is 18.5. The van der Waals surface area contributed by atoms with Crippen molar-refractivity contribution in [3.63, 3.8) is 0 Å². The lowest BCUT2D eigenvalue weighted by Gasteiger charge is -2.31. The van der Waals surface area contributed by atoms with Gasteiger partial charge >= 0.3 is 11.9 Å². The quantitative estimate of drug-likeness (QED) is 0.340. The van der Waals surface area contributed by atoms with E-state index in [0.29, 0.717) is 11.6 Å². The van der Waals surface area contributed by atoms with E-state index in [-0.39, 0.29) is 18.7 Å². The Morgan fingerprint density at radius 2 is 1.62 bits per heavy atom. The van der Waals surface area contributed by atoms with Crippen LogP contribution in [0.5, 0.6) is 0 Å². The highest BCUT2D eigenvalue weighted by atomic mass is 19.1. The van der Waals surface area contributed by atoms with Gasteiger partial charge in [-0.15, -0.1) is 0 Å². The smallest absolute Gasteiger partial charge is 0.303 e. The molecule has 0 spiro atoms. The molecule has 0 aromatic heterocycles. The van der Waals surface area contributed by atoms with Crippen molar-refractivity contribution < 1.29 is 28.9 Å². The number of amidine groups is 1. The topological polar surface area (TPSA) is 123 Å². The van der Waals surface area contributed by atoms with Crippen molar-refractivity contribution in [3.05, 3.63) is 53.3 Å². The van der Waals surface area contributed by atoms with Crippen molar-refractivity contribution >= 4 is 34.8 Å². The Morgan fingerprint density at radius 3 is 2.12 bits per heavy atom. The lowest BCUT2D eigenvalue weighted by molar-refractivity contribution is -0.143.